The van der Waals surface area contributed by atoms with E-state index in [1.807, 2.05) is 49.9 Å². The molecule has 1 heterocycles. The van der Waals surface area contributed by atoms with Crippen LogP contribution in [-0.2, 0) is 21.2 Å². The minimum atomic E-state index is -3.86. The van der Waals surface area contributed by atoms with Gasteiger partial charge in [-0.2, -0.15) is 16.5 Å². The van der Waals surface area contributed by atoms with Crippen molar-refractivity contribution in [2.24, 2.45) is 5.92 Å². The number of anilines is 1. The van der Waals surface area contributed by atoms with Crippen LogP contribution in [0.3, 0.4) is 0 Å². The number of thioether (sulfide) groups is 1. The quantitative estimate of drug-likeness (QED) is 0.531. The van der Waals surface area contributed by atoms with E-state index in [1.54, 1.807) is 12.1 Å². The van der Waals surface area contributed by atoms with E-state index in [2.05, 4.69) is 14.9 Å². The Morgan fingerprint density at radius 1 is 1.06 bits per heavy atom. The first-order valence-electron chi connectivity index (χ1n) is 11.1. The summed E-state index contributed by atoms with van der Waals surface area (Å²) in [5, 5.41) is 2.85. The highest BCUT2D eigenvalue weighted by molar-refractivity contribution is 7.99. The average molecular weight is 492 g/mol. The molecule has 0 aromatic heterocycles. The molecule has 7 nitrogen and oxygen atoms in total. The molecule has 1 amide bonds. The molecule has 2 aromatic rings. The lowest BCUT2D eigenvalue weighted by Crippen LogP contribution is -2.47. The van der Waals surface area contributed by atoms with Crippen molar-refractivity contribution in [3.63, 3.8) is 0 Å². The lowest BCUT2D eigenvalue weighted by Gasteiger charge is -2.26. The molecule has 2 N–H and O–H groups in total. The second-order valence-corrected chi connectivity index (χ2v) is 11.3. The van der Waals surface area contributed by atoms with Gasteiger partial charge in [0.1, 0.15) is 11.8 Å². The first-order chi connectivity index (χ1) is 15.8. The van der Waals surface area contributed by atoms with Gasteiger partial charge in [-0.3, -0.25) is 4.79 Å². The van der Waals surface area contributed by atoms with Gasteiger partial charge in [-0.25, -0.2) is 8.42 Å². The van der Waals surface area contributed by atoms with Gasteiger partial charge in [-0.1, -0.05) is 26.0 Å². The normalized spacial score (nSPS) is 15.9. The fourth-order valence-corrected chi connectivity index (χ4v) is 5.89. The number of ether oxygens (including phenoxy) is 1. The summed E-state index contributed by atoms with van der Waals surface area (Å²) < 4.78 is 33.3. The van der Waals surface area contributed by atoms with E-state index in [-0.39, 0.29) is 16.7 Å². The van der Waals surface area contributed by atoms with Crippen molar-refractivity contribution in [1.29, 1.82) is 0 Å². The Morgan fingerprint density at radius 2 is 1.70 bits per heavy atom. The van der Waals surface area contributed by atoms with E-state index >= 15 is 0 Å². The molecule has 9 heteroatoms. The number of nitrogens with one attached hydrogen (secondary N) is 2. The van der Waals surface area contributed by atoms with Gasteiger partial charge in [0.15, 0.2) is 0 Å². The van der Waals surface area contributed by atoms with Crippen LogP contribution in [-0.4, -0.2) is 63.5 Å². The van der Waals surface area contributed by atoms with Gasteiger partial charge in [0, 0.05) is 36.8 Å². The van der Waals surface area contributed by atoms with Gasteiger partial charge >= 0.3 is 0 Å². The molecule has 0 aliphatic carbocycles. The van der Waals surface area contributed by atoms with Gasteiger partial charge in [-0.15, -0.1) is 0 Å². The highest BCUT2D eigenvalue weighted by Crippen LogP contribution is 2.18. The summed E-state index contributed by atoms with van der Waals surface area (Å²) in [6.07, 6.45) is 0.967. The molecule has 33 heavy (non-hydrogen) atoms. The standard InChI is InChI=1S/C24H33N3O4S2/c1-18(2)23(26-33(29,30)22-10-8-21(31-3)9-11-22)24(28)25-20-6-4-19(5-7-20)12-13-27-14-16-32-17-15-27/h4-11,18,23,26H,12-17H2,1-3H3,(H,25,28)/t23-/m0/s1. The van der Waals surface area contributed by atoms with Crippen LogP contribution in [0.1, 0.15) is 19.4 Å². The maximum Gasteiger partial charge on any atom is 0.242 e. The Morgan fingerprint density at radius 3 is 2.27 bits per heavy atom. The summed E-state index contributed by atoms with van der Waals surface area (Å²) >= 11 is 2.01. The van der Waals surface area contributed by atoms with Crippen LogP contribution in [0.15, 0.2) is 53.4 Å². The van der Waals surface area contributed by atoms with E-state index < -0.39 is 16.1 Å². The molecule has 1 saturated heterocycles. The Balaban J connectivity index is 1.60. The maximum atomic E-state index is 12.9. The molecule has 0 radical (unpaired) electrons. The highest BCUT2D eigenvalue weighted by atomic mass is 32.2. The molecule has 0 bridgehead atoms. The number of rotatable bonds is 10. The summed E-state index contributed by atoms with van der Waals surface area (Å²) in [7, 11) is -2.35. The zero-order valence-electron chi connectivity index (χ0n) is 19.4. The van der Waals surface area contributed by atoms with E-state index in [0.29, 0.717) is 11.4 Å². The number of hydrogen-bond donors (Lipinski definition) is 2. The van der Waals surface area contributed by atoms with E-state index in [4.69, 9.17) is 4.74 Å². The Hall–Kier alpha value is -2.07. The summed E-state index contributed by atoms with van der Waals surface area (Å²) in [6, 6.07) is 12.9. The largest absolute Gasteiger partial charge is 0.497 e. The van der Waals surface area contributed by atoms with E-state index in [0.717, 1.165) is 26.1 Å². The number of benzene rings is 2. The van der Waals surface area contributed by atoms with Crippen LogP contribution < -0.4 is 14.8 Å². The molecule has 1 aliphatic heterocycles. The fraction of sp³-hybridized carbons (Fsp3) is 0.458. The molecule has 1 atom stereocenters. The van der Waals surface area contributed by atoms with Gasteiger partial charge < -0.3 is 15.0 Å². The van der Waals surface area contributed by atoms with Crippen molar-refractivity contribution in [1.82, 2.24) is 9.62 Å². The first-order valence-corrected chi connectivity index (χ1v) is 13.8. The van der Waals surface area contributed by atoms with E-state index in [9.17, 15) is 13.2 Å². The average Bonchev–Trinajstić information content (AvgIpc) is 2.82. The molecule has 180 valence electrons. The molecule has 1 aliphatic rings. The Kier molecular flexibility index (Phi) is 9.19. The predicted octanol–water partition coefficient (Wildman–Crippen LogP) is 3.23. The second-order valence-electron chi connectivity index (χ2n) is 8.41. The third kappa shape index (κ3) is 7.46. The topological polar surface area (TPSA) is 87.7 Å². The molecule has 1 fully saturated rings. The van der Waals surface area contributed by atoms with Gasteiger partial charge in [0.2, 0.25) is 15.9 Å². The fourth-order valence-electron chi connectivity index (χ4n) is 3.57. The third-order valence-electron chi connectivity index (χ3n) is 5.64. The Labute approximate surface area is 201 Å². The third-order valence-corrected chi connectivity index (χ3v) is 8.04. The molecule has 3 rings (SSSR count). The number of carbonyl (C=O) groups is 1. The molecular formula is C24H33N3O4S2. The van der Waals surface area contributed by atoms with Gasteiger partial charge in [-0.05, 0) is 54.3 Å². The van der Waals surface area contributed by atoms with Crippen molar-refractivity contribution in [3.05, 3.63) is 54.1 Å². The second kappa shape index (κ2) is 11.9. The zero-order chi connectivity index (χ0) is 23.8. The minimum absolute atomic E-state index is 0.0819. The smallest absolute Gasteiger partial charge is 0.242 e. The van der Waals surface area contributed by atoms with Crippen molar-refractivity contribution in [3.8, 4) is 5.75 Å². The van der Waals surface area contributed by atoms with Crippen molar-refractivity contribution in [2.75, 3.05) is 43.6 Å². The zero-order valence-corrected chi connectivity index (χ0v) is 21.0. The molecule has 0 unspecified atom stereocenters. The Bertz CT molecular complexity index is 1000. The molecule has 0 saturated carbocycles. The van der Waals surface area contributed by atoms with Crippen molar-refractivity contribution >= 4 is 33.4 Å². The van der Waals surface area contributed by atoms with Gasteiger partial charge in [0.05, 0.1) is 12.0 Å². The van der Waals surface area contributed by atoms with Crippen LogP contribution in [0.4, 0.5) is 5.69 Å². The lowest BCUT2D eigenvalue weighted by atomic mass is 10.0. The number of nitrogens with zero attached hydrogens (tertiary/aromatic N) is 1. The number of hydrogen-bond acceptors (Lipinski definition) is 6. The van der Waals surface area contributed by atoms with Crippen LogP contribution in [0.2, 0.25) is 0 Å². The number of carbonyl (C=O) groups excluding carboxylic acids is 1. The first kappa shape index (κ1) is 25.6. The predicted molar refractivity (Wildman–Crippen MR) is 134 cm³/mol. The van der Waals surface area contributed by atoms with Crippen LogP contribution >= 0.6 is 11.8 Å². The number of amides is 1. The molecular weight excluding hydrogens is 458 g/mol. The molecule has 2 aromatic carbocycles. The number of methoxy groups -OCH3 is 1. The summed E-state index contributed by atoms with van der Waals surface area (Å²) in [5.41, 5.74) is 1.86. The van der Waals surface area contributed by atoms with E-state index in [1.165, 1.54) is 36.3 Å². The van der Waals surface area contributed by atoms with Gasteiger partial charge in [0.25, 0.3) is 0 Å². The van der Waals surface area contributed by atoms with Crippen LogP contribution in [0.5, 0.6) is 5.75 Å². The lowest BCUT2D eigenvalue weighted by molar-refractivity contribution is -0.118. The summed E-state index contributed by atoms with van der Waals surface area (Å²) in [4.78, 5) is 15.5. The van der Waals surface area contributed by atoms with Crippen LogP contribution in [0, 0.1) is 5.92 Å². The molecule has 0 spiro atoms. The van der Waals surface area contributed by atoms with Crippen molar-refractivity contribution in [2.45, 2.75) is 31.2 Å². The minimum Gasteiger partial charge on any atom is -0.497 e. The monoisotopic (exact) mass is 491 g/mol. The number of sulfonamides is 1. The highest BCUT2D eigenvalue weighted by Gasteiger charge is 2.28. The summed E-state index contributed by atoms with van der Waals surface area (Å²) in [6.45, 7) is 6.93. The van der Waals surface area contributed by atoms with Crippen LogP contribution in [0.25, 0.3) is 0 Å². The summed E-state index contributed by atoms with van der Waals surface area (Å²) in [5.74, 6) is 2.33. The van der Waals surface area contributed by atoms with Crippen molar-refractivity contribution < 1.29 is 17.9 Å². The SMILES string of the molecule is COc1ccc(S(=O)(=O)N[C@H](C(=O)Nc2ccc(CCN3CCSCC3)cc2)C(C)C)cc1. The maximum absolute atomic E-state index is 12.9.